The van der Waals surface area contributed by atoms with Crippen LogP contribution in [-0.2, 0) is 22.5 Å². The van der Waals surface area contributed by atoms with Gasteiger partial charge in [0.15, 0.2) is 0 Å². The Labute approximate surface area is 137 Å². The van der Waals surface area contributed by atoms with E-state index in [4.69, 9.17) is 16.4 Å². The number of hydrogen-bond donors (Lipinski definition) is 1. The number of methoxy groups -OCH3 is 1. The van der Waals surface area contributed by atoms with Crippen LogP contribution < -0.4 is 5.32 Å². The summed E-state index contributed by atoms with van der Waals surface area (Å²) in [6.07, 6.45) is 2.61. The van der Waals surface area contributed by atoms with Crippen LogP contribution in [0, 0.1) is 0 Å². The normalized spacial score (nSPS) is 11.5. The first-order valence-electron chi connectivity index (χ1n) is 7.05. The van der Waals surface area contributed by atoms with E-state index in [1.165, 1.54) is 7.11 Å². The number of alkyl carbamates (subject to hydrolysis) is 1. The summed E-state index contributed by atoms with van der Waals surface area (Å²) in [5, 5.41) is 7.19. The Morgan fingerprint density at radius 1 is 1.41 bits per heavy atom. The van der Waals surface area contributed by atoms with Crippen LogP contribution in [-0.4, -0.2) is 33.7 Å². The molecule has 1 amide bonds. The zero-order valence-corrected chi connectivity index (χ0v) is 15.2. The second-order valence-electron chi connectivity index (χ2n) is 6.10. The average Bonchev–Trinajstić information content (AvgIpc) is 2.45. The molecule has 0 radical (unpaired) electrons. The van der Waals surface area contributed by atoms with E-state index < -0.39 is 14.2 Å². The Kier molecular flexibility index (Phi) is 7.41. The first-order valence-corrected chi connectivity index (χ1v) is 11.1. The van der Waals surface area contributed by atoms with Gasteiger partial charge < -0.3 is 14.9 Å². The maximum Gasteiger partial charge on any atom is 0.407 e. The van der Waals surface area contributed by atoms with Gasteiger partial charge in [-0.15, -0.1) is 0 Å². The number of nitrogens with zero attached hydrogens (tertiary/aromatic N) is 1. The number of carbonyl (C=O) groups is 1. The van der Waals surface area contributed by atoms with E-state index in [0.717, 1.165) is 11.1 Å². The third-order valence-corrected chi connectivity index (χ3v) is 4.06. The van der Waals surface area contributed by atoms with Gasteiger partial charge in [-0.2, -0.15) is 0 Å². The molecule has 0 aliphatic rings. The molecule has 0 unspecified atom stereocenters. The lowest BCUT2D eigenvalue weighted by Gasteiger charge is -2.12. The van der Waals surface area contributed by atoms with Crippen molar-refractivity contribution < 1.29 is 14.4 Å². The van der Waals surface area contributed by atoms with Crippen molar-refractivity contribution in [3.8, 4) is 0 Å². The molecule has 0 aromatic heterocycles. The third-order valence-electron chi connectivity index (χ3n) is 2.69. The molecule has 1 N–H and O–H groups in total. The minimum Gasteiger partial charge on any atom is -0.453 e. The van der Waals surface area contributed by atoms with Crippen LogP contribution in [0.1, 0.15) is 11.1 Å². The first-order chi connectivity index (χ1) is 10.3. The number of rotatable bonds is 7. The first kappa shape index (κ1) is 18.5. The molecule has 1 rings (SSSR count). The van der Waals surface area contributed by atoms with Crippen LogP contribution in [0.4, 0.5) is 4.79 Å². The summed E-state index contributed by atoms with van der Waals surface area (Å²) in [4.78, 5) is 16.4. The van der Waals surface area contributed by atoms with Crippen LogP contribution in [0.5, 0.6) is 0 Å². The fourth-order valence-corrected chi connectivity index (χ4v) is 2.20. The minimum absolute atomic E-state index is 0.322. The SMILES string of the molecule is COC(=O)NCc1cc(CC=NOC[Si](C)(C)C)ccc1Cl. The van der Waals surface area contributed by atoms with Gasteiger partial charge in [0.25, 0.3) is 0 Å². The van der Waals surface area contributed by atoms with Crippen molar-refractivity contribution in [3.05, 3.63) is 34.3 Å². The number of halogens is 1. The van der Waals surface area contributed by atoms with Crippen molar-refractivity contribution in [1.29, 1.82) is 0 Å². The fraction of sp³-hybridized carbons (Fsp3) is 0.467. The summed E-state index contributed by atoms with van der Waals surface area (Å²) >= 11 is 6.11. The van der Waals surface area contributed by atoms with Crippen molar-refractivity contribution in [2.24, 2.45) is 5.16 Å². The largest absolute Gasteiger partial charge is 0.453 e. The second kappa shape index (κ2) is 8.80. The molecule has 0 aliphatic heterocycles. The van der Waals surface area contributed by atoms with Gasteiger partial charge >= 0.3 is 6.09 Å². The molecule has 0 saturated heterocycles. The molecule has 5 nitrogen and oxygen atoms in total. The number of amides is 1. The van der Waals surface area contributed by atoms with Gasteiger partial charge in [-0.05, 0) is 17.2 Å². The number of benzene rings is 1. The molecular formula is C15H23ClN2O3Si. The molecule has 0 bridgehead atoms. The Bertz CT molecular complexity index is 530. The second-order valence-corrected chi connectivity index (χ2v) is 11.9. The molecule has 22 heavy (non-hydrogen) atoms. The summed E-state index contributed by atoms with van der Waals surface area (Å²) in [5.74, 6) is 0. The van der Waals surface area contributed by atoms with Crippen molar-refractivity contribution in [2.75, 3.05) is 13.3 Å². The summed E-state index contributed by atoms with van der Waals surface area (Å²) in [6, 6.07) is 5.67. The zero-order valence-electron chi connectivity index (χ0n) is 13.5. The summed E-state index contributed by atoms with van der Waals surface area (Å²) in [5.41, 5.74) is 1.88. The van der Waals surface area contributed by atoms with Crippen LogP contribution in [0.3, 0.4) is 0 Å². The van der Waals surface area contributed by atoms with Crippen LogP contribution in [0.15, 0.2) is 23.4 Å². The van der Waals surface area contributed by atoms with Crippen LogP contribution in [0.25, 0.3) is 0 Å². The maximum atomic E-state index is 11.1. The molecule has 1 aromatic carbocycles. The molecule has 0 spiro atoms. The smallest absolute Gasteiger partial charge is 0.407 e. The number of hydrogen-bond acceptors (Lipinski definition) is 4. The lowest BCUT2D eigenvalue weighted by molar-refractivity contribution is 0.170. The summed E-state index contributed by atoms with van der Waals surface area (Å²) < 4.78 is 4.53. The van der Waals surface area contributed by atoms with Crippen molar-refractivity contribution in [3.63, 3.8) is 0 Å². The van der Waals surface area contributed by atoms with Gasteiger partial charge in [-0.25, -0.2) is 4.79 Å². The number of nitrogens with one attached hydrogen (secondary N) is 1. The van der Waals surface area contributed by atoms with E-state index in [-0.39, 0.29) is 0 Å². The minimum atomic E-state index is -1.23. The molecule has 7 heteroatoms. The maximum absolute atomic E-state index is 11.1. The molecular weight excluding hydrogens is 320 g/mol. The van der Waals surface area contributed by atoms with Crippen molar-refractivity contribution >= 4 is 32.0 Å². The lowest BCUT2D eigenvalue weighted by atomic mass is 10.1. The number of ether oxygens (including phenoxy) is 1. The predicted molar refractivity (Wildman–Crippen MR) is 92.2 cm³/mol. The fourth-order valence-electron chi connectivity index (χ4n) is 1.56. The molecule has 0 atom stereocenters. The zero-order chi connectivity index (χ0) is 16.6. The topological polar surface area (TPSA) is 59.9 Å². The highest BCUT2D eigenvalue weighted by Gasteiger charge is 2.13. The highest BCUT2D eigenvalue weighted by Crippen LogP contribution is 2.17. The molecule has 0 aliphatic carbocycles. The quantitative estimate of drug-likeness (QED) is 0.467. The van der Waals surface area contributed by atoms with Crippen molar-refractivity contribution in [2.45, 2.75) is 32.6 Å². The summed E-state index contributed by atoms with van der Waals surface area (Å²) in [7, 11) is 0.0901. The van der Waals surface area contributed by atoms with Crippen LogP contribution in [0.2, 0.25) is 24.7 Å². The lowest BCUT2D eigenvalue weighted by Crippen LogP contribution is -2.26. The van der Waals surface area contributed by atoms with Gasteiger partial charge in [0.05, 0.1) is 15.2 Å². The Balaban J connectivity index is 2.54. The van der Waals surface area contributed by atoms with E-state index in [9.17, 15) is 4.79 Å². The standard InChI is InChI=1S/C15H23ClN2O3Si/c1-20-15(19)17-10-13-9-12(5-6-14(13)16)7-8-18-21-11-22(2,3)4/h5-6,8-9H,7,10-11H2,1-4H3,(H,17,19). The molecule has 1 aromatic rings. The molecule has 0 saturated carbocycles. The van der Waals surface area contributed by atoms with Gasteiger partial charge in [0, 0.05) is 24.2 Å². The van der Waals surface area contributed by atoms with E-state index in [2.05, 4.69) is 34.9 Å². The Hall–Kier alpha value is -1.53. The Morgan fingerprint density at radius 3 is 2.77 bits per heavy atom. The number of oxime groups is 1. The molecule has 0 heterocycles. The van der Waals surface area contributed by atoms with E-state index in [1.54, 1.807) is 6.21 Å². The molecule has 122 valence electrons. The monoisotopic (exact) mass is 342 g/mol. The van der Waals surface area contributed by atoms with Crippen molar-refractivity contribution in [1.82, 2.24) is 5.32 Å². The van der Waals surface area contributed by atoms with E-state index >= 15 is 0 Å². The molecule has 0 fully saturated rings. The Morgan fingerprint density at radius 2 is 2.14 bits per heavy atom. The van der Waals surface area contributed by atoms with E-state index in [0.29, 0.717) is 24.2 Å². The van der Waals surface area contributed by atoms with Gasteiger partial charge in [-0.3, -0.25) is 0 Å². The van der Waals surface area contributed by atoms with Gasteiger partial charge in [-0.1, -0.05) is 48.5 Å². The van der Waals surface area contributed by atoms with Crippen LogP contribution >= 0.6 is 11.6 Å². The third kappa shape index (κ3) is 7.47. The summed E-state index contributed by atoms with van der Waals surface area (Å²) in [6.45, 7) is 7.00. The highest BCUT2D eigenvalue weighted by molar-refractivity contribution is 6.76. The van der Waals surface area contributed by atoms with Gasteiger partial charge in [0.1, 0.15) is 6.23 Å². The van der Waals surface area contributed by atoms with E-state index in [1.807, 2.05) is 18.2 Å². The average molecular weight is 343 g/mol. The predicted octanol–water partition coefficient (Wildman–Crippen LogP) is 3.62. The van der Waals surface area contributed by atoms with Gasteiger partial charge in [0.2, 0.25) is 0 Å². The number of carbonyl (C=O) groups excluding carboxylic acids is 1. The highest BCUT2D eigenvalue weighted by atomic mass is 35.5.